The third-order valence-corrected chi connectivity index (χ3v) is 4.29. The molecule has 0 aliphatic heterocycles. The highest BCUT2D eigenvalue weighted by atomic mass is 28.3. The fourth-order valence-electron chi connectivity index (χ4n) is 2.48. The van der Waals surface area contributed by atoms with Crippen LogP contribution in [0.3, 0.4) is 0 Å². The van der Waals surface area contributed by atoms with Crippen LogP contribution >= 0.6 is 0 Å². The molecule has 4 nitrogen and oxygen atoms in total. The summed E-state index contributed by atoms with van der Waals surface area (Å²) in [6.45, 7) is 6.35. The van der Waals surface area contributed by atoms with E-state index in [1.165, 1.54) is 0 Å². The molecule has 0 amide bonds. The summed E-state index contributed by atoms with van der Waals surface area (Å²) in [4.78, 5) is 13.6. The lowest BCUT2D eigenvalue weighted by Crippen LogP contribution is -2.11. The third kappa shape index (κ3) is 4.39. The summed E-state index contributed by atoms with van der Waals surface area (Å²) in [5, 5.41) is 0. The first-order valence-corrected chi connectivity index (χ1v) is 11.1. The molecule has 0 saturated heterocycles. The van der Waals surface area contributed by atoms with Gasteiger partial charge in [-0.25, -0.2) is 4.99 Å². The molecule has 0 bridgehead atoms. The molecule has 0 aliphatic carbocycles. The largest absolute Gasteiger partial charge is 1.00 e. The molecule has 0 fully saturated rings. The molecule has 126 valence electrons. The highest BCUT2D eigenvalue weighted by Gasteiger charge is 2.12. The Hall–Kier alpha value is -2.79. The van der Waals surface area contributed by atoms with Crippen molar-refractivity contribution in [2.45, 2.75) is 20.0 Å². The third-order valence-electron chi connectivity index (χ3n) is 3.56. The highest BCUT2D eigenvalue weighted by molar-refractivity contribution is 6.49. The first-order valence-electron chi connectivity index (χ1n) is 8.31. The standard InChI is InChI=1S/C20H21N3OSi/c1-15-9-10-19(24-25(2)3)17(13-15)23-20(16-7-5-4-6-8-16)18-14-21-11-12-22-18/h4-14,25H,1-3H3/p+1. The van der Waals surface area contributed by atoms with Crippen LogP contribution in [0, 0.1) is 6.92 Å². The van der Waals surface area contributed by atoms with Crippen LogP contribution < -0.4 is 4.43 Å². The van der Waals surface area contributed by atoms with Gasteiger partial charge in [-0.2, -0.15) is 0 Å². The Kier molecular flexibility index (Phi) is 5.35. The normalized spacial score (nSPS) is 11.6. The fraction of sp³-hybridized carbons (Fsp3) is 0.150. The zero-order valence-electron chi connectivity index (χ0n) is 15.7. The maximum Gasteiger partial charge on any atom is 1.00 e. The predicted molar refractivity (Wildman–Crippen MR) is 106 cm³/mol. The SMILES string of the molecule is Cc1ccc(O[SiH](C)C)c(N=C(c2ccccc2)c2cnccn2)c1.[H+]. The lowest BCUT2D eigenvalue weighted by Gasteiger charge is -2.14. The molecule has 0 radical (unpaired) electrons. The van der Waals surface area contributed by atoms with E-state index in [0.717, 1.165) is 34.0 Å². The van der Waals surface area contributed by atoms with E-state index in [2.05, 4.69) is 36.1 Å². The van der Waals surface area contributed by atoms with E-state index in [1.54, 1.807) is 18.6 Å². The summed E-state index contributed by atoms with van der Waals surface area (Å²) in [5.74, 6) is 0.824. The maximum atomic E-state index is 6.07. The molecule has 1 heterocycles. The van der Waals surface area contributed by atoms with Gasteiger partial charge in [0.05, 0.1) is 11.9 Å². The molecule has 2 aromatic carbocycles. The van der Waals surface area contributed by atoms with Crippen LogP contribution in [0.15, 0.2) is 72.1 Å². The molecule has 0 spiro atoms. The summed E-state index contributed by atoms with van der Waals surface area (Å²) in [5.41, 5.74) is 4.49. The van der Waals surface area contributed by atoms with E-state index >= 15 is 0 Å². The molecule has 0 atom stereocenters. The zero-order chi connectivity index (χ0) is 17.6. The Morgan fingerprint density at radius 2 is 1.88 bits per heavy atom. The average molecular weight is 349 g/mol. The van der Waals surface area contributed by atoms with Gasteiger partial charge in [-0.1, -0.05) is 36.4 Å². The van der Waals surface area contributed by atoms with Crippen molar-refractivity contribution >= 4 is 20.4 Å². The molecule has 0 unspecified atom stereocenters. The van der Waals surface area contributed by atoms with Crippen molar-refractivity contribution in [3.05, 3.63) is 83.9 Å². The molecular formula is C20H22N3OSi+. The van der Waals surface area contributed by atoms with Crippen molar-refractivity contribution in [2.75, 3.05) is 0 Å². The van der Waals surface area contributed by atoms with Gasteiger partial charge in [0.15, 0.2) is 0 Å². The smallest absolute Gasteiger partial charge is 0.546 e. The van der Waals surface area contributed by atoms with Gasteiger partial charge in [-0.15, -0.1) is 0 Å². The second-order valence-electron chi connectivity index (χ2n) is 6.05. The van der Waals surface area contributed by atoms with Gasteiger partial charge in [0.1, 0.15) is 17.1 Å². The minimum atomic E-state index is -1.23. The predicted octanol–water partition coefficient (Wildman–Crippen LogP) is 4.43. The van der Waals surface area contributed by atoms with Crippen molar-refractivity contribution in [1.29, 1.82) is 0 Å². The van der Waals surface area contributed by atoms with E-state index in [9.17, 15) is 0 Å². The Labute approximate surface area is 151 Å². The van der Waals surface area contributed by atoms with Gasteiger partial charge >= 0.3 is 1.43 Å². The van der Waals surface area contributed by atoms with Crippen molar-refractivity contribution < 1.29 is 5.85 Å². The maximum absolute atomic E-state index is 6.07. The molecule has 3 aromatic rings. The Morgan fingerprint density at radius 1 is 1.08 bits per heavy atom. The molecule has 3 rings (SSSR count). The number of nitrogens with zero attached hydrogens (tertiary/aromatic N) is 3. The summed E-state index contributed by atoms with van der Waals surface area (Å²) in [7, 11) is -1.23. The first-order chi connectivity index (χ1) is 12.1. The van der Waals surface area contributed by atoms with Gasteiger partial charge in [0.2, 0.25) is 9.04 Å². The Morgan fingerprint density at radius 3 is 2.56 bits per heavy atom. The Balaban J connectivity index is 0.00000243. The van der Waals surface area contributed by atoms with E-state index in [4.69, 9.17) is 9.42 Å². The number of hydrogen-bond donors (Lipinski definition) is 0. The van der Waals surface area contributed by atoms with Crippen molar-refractivity contribution in [3.8, 4) is 5.75 Å². The van der Waals surface area contributed by atoms with Gasteiger partial charge in [-0.3, -0.25) is 9.97 Å². The van der Waals surface area contributed by atoms with Crippen molar-refractivity contribution in [2.24, 2.45) is 4.99 Å². The first kappa shape index (κ1) is 17.0. The van der Waals surface area contributed by atoms with E-state index in [-0.39, 0.29) is 1.43 Å². The molecule has 0 aliphatic rings. The summed E-state index contributed by atoms with van der Waals surface area (Å²) in [6, 6.07) is 16.1. The summed E-state index contributed by atoms with van der Waals surface area (Å²) in [6.07, 6.45) is 5.08. The quantitative estimate of drug-likeness (QED) is 0.506. The van der Waals surface area contributed by atoms with Crippen LogP contribution in [0.2, 0.25) is 13.1 Å². The van der Waals surface area contributed by atoms with Crippen LogP contribution in [0.25, 0.3) is 0 Å². The number of benzene rings is 2. The molecule has 5 heteroatoms. The van der Waals surface area contributed by atoms with Crippen LogP contribution in [0.5, 0.6) is 5.75 Å². The lowest BCUT2D eigenvalue weighted by molar-refractivity contribution is 0.582. The van der Waals surface area contributed by atoms with E-state index < -0.39 is 9.04 Å². The minimum Gasteiger partial charge on any atom is -0.546 e. The highest BCUT2D eigenvalue weighted by Crippen LogP contribution is 2.30. The van der Waals surface area contributed by atoms with Crippen LogP contribution in [0.1, 0.15) is 18.2 Å². The fourth-order valence-corrected chi connectivity index (χ4v) is 3.18. The van der Waals surface area contributed by atoms with Gasteiger partial charge < -0.3 is 4.43 Å². The molecule has 25 heavy (non-hydrogen) atoms. The van der Waals surface area contributed by atoms with E-state index in [1.807, 2.05) is 42.5 Å². The topological polar surface area (TPSA) is 47.4 Å². The second kappa shape index (κ2) is 7.85. The van der Waals surface area contributed by atoms with Crippen molar-refractivity contribution in [1.82, 2.24) is 9.97 Å². The number of hydrogen-bond acceptors (Lipinski definition) is 4. The number of rotatable bonds is 5. The molecular weight excluding hydrogens is 326 g/mol. The lowest BCUT2D eigenvalue weighted by atomic mass is 10.1. The summed E-state index contributed by atoms with van der Waals surface area (Å²) >= 11 is 0. The molecule has 1 aromatic heterocycles. The monoisotopic (exact) mass is 348 g/mol. The number of aryl methyl sites for hydroxylation is 1. The van der Waals surface area contributed by atoms with Crippen molar-refractivity contribution in [3.63, 3.8) is 0 Å². The number of aliphatic imine (C=N–C) groups is 1. The van der Waals surface area contributed by atoms with Crippen LogP contribution in [0.4, 0.5) is 5.69 Å². The molecule has 0 N–H and O–H groups in total. The van der Waals surface area contributed by atoms with Gasteiger partial charge in [-0.05, 0) is 37.7 Å². The summed E-state index contributed by atoms with van der Waals surface area (Å²) < 4.78 is 6.07. The zero-order valence-corrected chi connectivity index (χ0v) is 15.8. The Bertz CT molecular complexity index is 829. The van der Waals surface area contributed by atoms with Crippen LogP contribution in [-0.2, 0) is 0 Å². The van der Waals surface area contributed by atoms with Gasteiger partial charge in [0, 0.05) is 18.0 Å². The number of aromatic nitrogens is 2. The molecule has 0 saturated carbocycles. The van der Waals surface area contributed by atoms with E-state index in [0.29, 0.717) is 0 Å². The van der Waals surface area contributed by atoms with Crippen LogP contribution in [-0.4, -0.2) is 24.7 Å². The second-order valence-corrected chi connectivity index (χ2v) is 8.39. The average Bonchev–Trinajstić information content (AvgIpc) is 2.63. The minimum absolute atomic E-state index is 0. The van der Waals surface area contributed by atoms with Gasteiger partial charge in [0.25, 0.3) is 0 Å².